The minimum atomic E-state index is -0.563. The molecule has 7 heteroatoms. The minimum Gasteiger partial charge on any atom is -0.444 e. The number of halogens is 1. The van der Waals surface area contributed by atoms with Crippen LogP contribution in [0.2, 0.25) is 0 Å². The highest BCUT2D eigenvalue weighted by Crippen LogP contribution is 2.34. The molecule has 6 nitrogen and oxygen atoms in total. The number of nitrogens with zero attached hydrogens (tertiary/aromatic N) is 2. The Morgan fingerprint density at radius 3 is 2.53 bits per heavy atom. The Balaban J connectivity index is 1.74. The lowest BCUT2D eigenvalue weighted by Crippen LogP contribution is -2.38. The highest BCUT2D eigenvalue weighted by atomic mass is 79.9. The summed E-state index contributed by atoms with van der Waals surface area (Å²) in [6, 6.07) is 6.34. The zero-order chi connectivity index (χ0) is 21.9. The van der Waals surface area contributed by atoms with Crippen molar-refractivity contribution in [3.05, 3.63) is 33.8 Å². The second-order valence-electron chi connectivity index (χ2n) is 9.12. The average Bonchev–Trinajstić information content (AvgIpc) is 3.02. The molecule has 0 spiro atoms. The molecule has 164 valence electrons. The van der Waals surface area contributed by atoms with Crippen LogP contribution in [0.3, 0.4) is 0 Å². The van der Waals surface area contributed by atoms with E-state index in [1.54, 1.807) is 7.11 Å². The van der Waals surface area contributed by atoms with Gasteiger partial charge >= 0.3 is 6.09 Å². The number of ether oxygens (including phenoxy) is 2. The van der Waals surface area contributed by atoms with Gasteiger partial charge in [-0.15, -0.1) is 0 Å². The topological polar surface area (TPSA) is 72.3 Å². The molecule has 30 heavy (non-hydrogen) atoms. The monoisotopic (exact) mass is 477 g/mol. The molecule has 1 aliphatic heterocycles. The summed E-state index contributed by atoms with van der Waals surface area (Å²) in [4.78, 5) is 21.6. The summed E-state index contributed by atoms with van der Waals surface area (Å²) in [7, 11) is 1.80. The van der Waals surface area contributed by atoms with Gasteiger partial charge in [-0.2, -0.15) is 0 Å². The Hall–Kier alpha value is -1.73. The number of amides is 1. The second kappa shape index (κ2) is 9.60. The molecule has 1 heterocycles. The van der Waals surface area contributed by atoms with Gasteiger partial charge in [0.25, 0.3) is 0 Å². The van der Waals surface area contributed by atoms with E-state index in [9.17, 15) is 4.79 Å². The maximum atomic E-state index is 12.2. The van der Waals surface area contributed by atoms with Gasteiger partial charge in [-0.1, -0.05) is 22.0 Å². The molecule has 0 aromatic heterocycles. The average molecular weight is 478 g/mol. The van der Waals surface area contributed by atoms with Crippen molar-refractivity contribution in [1.29, 1.82) is 0 Å². The number of benzene rings is 1. The van der Waals surface area contributed by atoms with Gasteiger partial charge in [0.05, 0.1) is 11.8 Å². The summed E-state index contributed by atoms with van der Waals surface area (Å²) < 4.78 is 11.9. The van der Waals surface area contributed by atoms with Crippen LogP contribution in [-0.4, -0.2) is 36.5 Å². The normalized spacial score (nSPS) is 24.3. The lowest BCUT2D eigenvalue weighted by molar-refractivity contribution is 0.0562. The smallest absolute Gasteiger partial charge is 0.413 e. The zero-order valence-corrected chi connectivity index (χ0v) is 20.1. The predicted molar refractivity (Wildman–Crippen MR) is 123 cm³/mol. The lowest BCUT2D eigenvalue weighted by Gasteiger charge is -2.28. The van der Waals surface area contributed by atoms with Crippen molar-refractivity contribution in [2.75, 3.05) is 7.11 Å². The van der Waals surface area contributed by atoms with Gasteiger partial charge in [-0.3, -0.25) is 10.3 Å². The molecule has 1 amide bonds. The summed E-state index contributed by atoms with van der Waals surface area (Å²) in [5.41, 5.74) is 2.49. The molecule has 0 saturated heterocycles. The molecule has 2 aliphatic rings. The van der Waals surface area contributed by atoms with Gasteiger partial charge in [0.15, 0.2) is 12.0 Å². The van der Waals surface area contributed by atoms with Gasteiger partial charge in [-0.05, 0) is 83.4 Å². The number of hydrogen-bond donors (Lipinski definition) is 1. The quantitative estimate of drug-likeness (QED) is 0.613. The van der Waals surface area contributed by atoms with Crippen LogP contribution in [0.25, 0.3) is 0 Å². The fourth-order valence-corrected chi connectivity index (χ4v) is 4.40. The number of amidine groups is 1. The second-order valence-corrected chi connectivity index (χ2v) is 10.0. The third kappa shape index (κ3) is 6.14. The van der Waals surface area contributed by atoms with Crippen molar-refractivity contribution in [3.63, 3.8) is 0 Å². The largest absolute Gasteiger partial charge is 0.444 e. The van der Waals surface area contributed by atoms with Crippen LogP contribution in [-0.2, 0) is 15.9 Å². The summed E-state index contributed by atoms with van der Waals surface area (Å²) in [5.74, 6) is 1.12. The van der Waals surface area contributed by atoms with E-state index >= 15 is 0 Å². The van der Waals surface area contributed by atoms with E-state index in [4.69, 9.17) is 14.5 Å². The zero-order valence-electron chi connectivity index (χ0n) is 18.5. The third-order valence-corrected chi connectivity index (χ3v) is 6.04. The molecule has 1 saturated carbocycles. The van der Waals surface area contributed by atoms with Gasteiger partial charge in [-0.25, -0.2) is 9.79 Å². The van der Waals surface area contributed by atoms with Crippen LogP contribution in [0.4, 0.5) is 4.79 Å². The highest BCUT2D eigenvalue weighted by molar-refractivity contribution is 9.10. The highest BCUT2D eigenvalue weighted by Gasteiger charge is 2.27. The van der Waals surface area contributed by atoms with Crippen LogP contribution in [0.1, 0.15) is 70.7 Å². The molecule has 0 bridgehead atoms. The fraction of sp³-hybridized carbons (Fsp3) is 0.609. The number of hydrogen-bond acceptors (Lipinski definition) is 5. The molecule has 3 rings (SSSR count). The van der Waals surface area contributed by atoms with Crippen LogP contribution < -0.4 is 5.32 Å². The Morgan fingerprint density at radius 1 is 1.20 bits per heavy atom. The summed E-state index contributed by atoms with van der Waals surface area (Å²) in [6.45, 7) is 7.36. The van der Waals surface area contributed by atoms with Crippen molar-refractivity contribution in [1.82, 2.24) is 5.32 Å². The molecule has 1 aromatic rings. The van der Waals surface area contributed by atoms with E-state index in [0.717, 1.165) is 29.3 Å². The lowest BCUT2D eigenvalue weighted by atomic mass is 9.82. The van der Waals surface area contributed by atoms with Crippen molar-refractivity contribution < 1.29 is 14.3 Å². The molecule has 1 aliphatic carbocycles. The SMILES string of the molecule is COC1CCC(Cc2ccc(Br)cc2C2N=C(C)C(NC(=O)OC(C)(C)C)=N2)CC1. The minimum absolute atomic E-state index is 0.349. The fourth-order valence-electron chi connectivity index (χ4n) is 4.03. The Bertz CT molecular complexity index is 837. The van der Waals surface area contributed by atoms with Gasteiger partial charge in [0.2, 0.25) is 0 Å². The van der Waals surface area contributed by atoms with Crippen molar-refractivity contribution in [3.8, 4) is 0 Å². The summed E-state index contributed by atoms with van der Waals surface area (Å²) >= 11 is 3.59. The first-order valence-corrected chi connectivity index (χ1v) is 11.4. The molecule has 1 aromatic carbocycles. The molecular weight excluding hydrogens is 446 g/mol. The number of carbonyl (C=O) groups excluding carboxylic acids is 1. The van der Waals surface area contributed by atoms with E-state index in [-0.39, 0.29) is 6.17 Å². The molecule has 1 N–H and O–H groups in total. The van der Waals surface area contributed by atoms with Crippen LogP contribution in [0.15, 0.2) is 32.7 Å². The van der Waals surface area contributed by atoms with Crippen molar-refractivity contribution >= 4 is 33.6 Å². The predicted octanol–water partition coefficient (Wildman–Crippen LogP) is 5.59. The van der Waals surface area contributed by atoms with Crippen molar-refractivity contribution in [2.45, 2.75) is 77.7 Å². The molecule has 0 radical (unpaired) electrons. The Labute approximate surface area is 187 Å². The maximum Gasteiger partial charge on any atom is 0.413 e. The van der Waals surface area contributed by atoms with Gasteiger partial charge in [0.1, 0.15) is 5.60 Å². The van der Waals surface area contributed by atoms with Gasteiger partial charge < -0.3 is 9.47 Å². The Kier molecular flexibility index (Phi) is 7.34. The molecule has 1 atom stereocenters. The number of aliphatic imine (C=N–C) groups is 2. The number of rotatable bonds is 4. The van der Waals surface area contributed by atoms with Gasteiger partial charge in [0, 0.05) is 17.1 Å². The molecular formula is C23H32BrN3O3. The number of nitrogens with one attached hydrogen (secondary N) is 1. The number of carbonyl (C=O) groups is 1. The van der Waals surface area contributed by atoms with E-state index in [0.29, 0.717) is 23.6 Å². The van der Waals surface area contributed by atoms with Crippen LogP contribution in [0.5, 0.6) is 0 Å². The maximum absolute atomic E-state index is 12.2. The molecule has 1 unspecified atom stereocenters. The standard InChI is InChI=1S/C23H32BrN3O3/c1-14-20(27-22(28)30-23(2,3)4)26-21(25-14)19-13-17(24)9-8-16(19)12-15-6-10-18(29-5)11-7-15/h8-9,13,15,18,21H,6-7,10-12H2,1-5H3,(H,26,27,28). The van der Waals surface area contributed by atoms with E-state index in [1.807, 2.05) is 27.7 Å². The number of methoxy groups -OCH3 is 1. The molecule has 1 fully saturated rings. The number of alkyl carbamates (subject to hydrolysis) is 1. The van der Waals surface area contributed by atoms with E-state index < -0.39 is 11.7 Å². The van der Waals surface area contributed by atoms with E-state index in [1.165, 1.54) is 18.4 Å². The van der Waals surface area contributed by atoms with Crippen molar-refractivity contribution in [2.24, 2.45) is 15.9 Å². The first-order valence-electron chi connectivity index (χ1n) is 10.6. The first-order chi connectivity index (χ1) is 14.1. The first kappa shape index (κ1) is 22.9. The van der Waals surface area contributed by atoms with Crippen LogP contribution >= 0.6 is 15.9 Å². The summed E-state index contributed by atoms with van der Waals surface area (Å²) in [5, 5.41) is 2.74. The van der Waals surface area contributed by atoms with E-state index in [2.05, 4.69) is 44.4 Å². The van der Waals surface area contributed by atoms with Crippen LogP contribution in [0, 0.1) is 5.92 Å². The third-order valence-electron chi connectivity index (χ3n) is 5.55. The summed E-state index contributed by atoms with van der Waals surface area (Å²) in [6.07, 6.45) is 5.14. The Morgan fingerprint density at radius 2 is 1.90 bits per heavy atom.